The number of carbonyl (C=O) groups excluding carboxylic acids is 1. The minimum absolute atomic E-state index is 0.0874. The van der Waals surface area contributed by atoms with Crippen molar-refractivity contribution in [2.45, 2.75) is 12.5 Å². The molecule has 1 amide bonds. The van der Waals surface area contributed by atoms with Crippen molar-refractivity contribution in [1.29, 1.82) is 0 Å². The van der Waals surface area contributed by atoms with Gasteiger partial charge in [0.2, 0.25) is 5.91 Å². The van der Waals surface area contributed by atoms with Crippen LogP contribution in [0, 0.1) is 0 Å². The van der Waals surface area contributed by atoms with E-state index in [9.17, 15) is 9.90 Å². The van der Waals surface area contributed by atoms with Crippen molar-refractivity contribution >= 4 is 22.9 Å². The van der Waals surface area contributed by atoms with Gasteiger partial charge in [-0.05, 0) is 23.3 Å². The molecule has 5 heteroatoms. The molecule has 4 nitrogen and oxygen atoms in total. The maximum atomic E-state index is 11.7. The van der Waals surface area contributed by atoms with Crippen molar-refractivity contribution in [2.75, 3.05) is 19.1 Å². The molecule has 2 aromatic rings. The van der Waals surface area contributed by atoms with Crippen LogP contribution in [0.25, 0.3) is 0 Å². The summed E-state index contributed by atoms with van der Waals surface area (Å²) in [6.07, 6.45) is -0.282. The largest absolute Gasteiger partial charge is 0.496 e. The van der Waals surface area contributed by atoms with Crippen LogP contribution in [0.1, 0.15) is 22.1 Å². The topological polar surface area (TPSA) is 49.8 Å². The van der Waals surface area contributed by atoms with E-state index in [0.717, 1.165) is 27.4 Å². The third-order valence-electron chi connectivity index (χ3n) is 3.60. The number of fused-ring (bicyclic) bond motifs is 1. The lowest BCUT2D eigenvalue weighted by molar-refractivity contribution is -0.117. The van der Waals surface area contributed by atoms with Crippen LogP contribution in [-0.2, 0) is 11.2 Å². The first-order valence-corrected chi connectivity index (χ1v) is 7.18. The summed E-state index contributed by atoms with van der Waals surface area (Å²) in [6.45, 7) is 0. The molecule has 0 spiro atoms. The Morgan fingerprint density at radius 3 is 2.90 bits per heavy atom. The molecule has 104 valence electrons. The second-order valence-electron chi connectivity index (χ2n) is 4.81. The molecule has 0 fully saturated rings. The van der Waals surface area contributed by atoms with Gasteiger partial charge in [-0.25, -0.2) is 0 Å². The maximum Gasteiger partial charge on any atom is 0.231 e. The maximum absolute atomic E-state index is 11.7. The van der Waals surface area contributed by atoms with Gasteiger partial charge in [-0.2, -0.15) is 0 Å². The van der Waals surface area contributed by atoms with E-state index in [1.54, 1.807) is 19.1 Å². The summed E-state index contributed by atoms with van der Waals surface area (Å²) in [6, 6.07) is 7.50. The number of aliphatic hydroxyl groups is 1. The highest BCUT2D eigenvalue weighted by atomic mass is 32.1. The molecule has 1 aliphatic rings. The van der Waals surface area contributed by atoms with Gasteiger partial charge in [0, 0.05) is 23.0 Å². The molecule has 1 unspecified atom stereocenters. The molecule has 1 N–H and O–H groups in total. The molecule has 0 radical (unpaired) electrons. The van der Waals surface area contributed by atoms with Crippen LogP contribution in [0.15, 0.2) is 29.6 Å². The molecule has 1 aromatic heterocycles. The second kappa shape index (κ2) is 4.92. The summed E-state index contributed by atoms with van der Waals surface area (Å²) in [5.41, 5.74) is 2.70. The van der Waals surface area contributed by atoms with E-state index in [1.165, 1.54) is 11.3 Å². The first-order chi connectivity index (χ1) is 9.60. The number of nitrogens with zero attached hydrogens (tertiary/aromatic N) is 1. The number of methoxy groups -OCH3 is 1. The van der Waals surface area contributed by atoms with E-state index in [1.807, 2.05) is 29.6 Å². The van der Waals surface area contributed by atoms with Crippen molar-refractivity contribution in [2.24, 2.45) is 0 Å². The fourth-order valence-corrected chi connectivity index (χ4v) is 3.27. The van der Waals surface area contributed by atoms with Gasteiger partial charge in [0.05, 0.1) is 13.5 Å². The fourth-order valence-electron chi connectivity index (χ4n) is 2.41. The summed E-state index contributed by atoms with van der Waals surface area (Å²) in [5.74, 6) is 0.838. The van der Waals surface area contributed by atoms with Gasteiger partial charge in [-0.1, -0.05) is 12.1 Å². The zero-order valence-corrected chi connectivity index (χ0v) is 12.1. The standard InChI is InChI=1S/C15H15NO3S/c1-16-12-4-3-9(5-10(12)6-14(16)17)15(18)13-7-11(19-2)8-20-13/h3-5,7-8,15,18H,6H2,1-2H3. The lowest BCUT2D eigenvalue weighted by Gasteiger charge is -2.13. The van der Waals surface area contributed by atoms with Crippen LogP contribution in [0.4, 0.5) is 5.69 Å². The smallest absolute Gasteiger partial charge is 0.231 e. The highest BCUT2D eigenvalue weighted by molar-refractivity contribution is 7.10. The average Bonchev–Trinajstić information content (AvgIpc) is 3.04. The third kappa shape index (κ3) is 2.09. The zero-order chi connectivity index (χ0) is 14.3. The van der Waals surface area contributed by atoms with Gasteiger partial charge in [0.15, 0.2) is 0 Å². The van der Waals surface area contributed by atoms with E-state index in [2.05, 4.69) is 0 Å². The molecular formula is C15H15NO3S. The summed E-state index contributed by atoms with van der Waals surface area (Å²) in [7, 11) is 3.38. The Bertz CT molecular complexity index is 665. The molecule has 0 saturated heterocycles. The number of hydrogen-bond acceptors (Lipinski definition) is 4. The minimum atomic E-state index is -0.685. The van der Waals surface area contributed by atoms with Crippen molar-refractivity contribution < 1.29 is 14.6 Å². The Labute approximate surface area is 121 Å². The molecule has 1 aromatic carbocycles. The first kappa shape index (κ1) is 13.1. The SMILES string of the molecule is COc1csc(C(O)c2ccc3c(c2)CC(=O)N3C)c1. The second-order valence-corrected chi connectivity index (χ2v) is 5.75. The van der Waals surface area contributed by atoms with Crippen LogP contribution < -0.4 is 9.64 Å². The number of aliphatic hydroxyl groups excluding tert-OH is 1. The van der Waals surface area contributed by atoms with Crippen LogP contribution in [0.5, 0.6) is 5.75 Å². The molecular weight excluding hydrogens is 274 g/mol. The van der Waals surface area contributed by atoms with Gasteiger partial charge >= 0.3 is 0 Å². The van der Waals surface area contributed by atoms with E-state index >= 15 is 0 Å². The Morgan fingerprint density at radius 2 is 2.20 bits per heavy atom. The lowest BCUT2D eigenvalue weighted by atomic mass is 10.0. The summed E-state index contributed by atoms with van der Waals surface area (Å²) < 4.78 is 5.13. The third-order valence-corrected chi connectivity index (χ3v) is 4.56. The monoisotopic (exact) mass is 289 g/mol. The number of rotatable bonds is 3. The molecule has 0 bridgehead atoms. The van der Waals surface area contributed by atoms with E-state index < -0.39 is 6.10 Å². The van der Waals surface area contributed by atoms with Gasteiger partial charge in [0.25, 0.3) is 0 Å². The normalized spacial score (nSPS) is 15.3. The van der Waals surface area contributed by atoms with Gasteiger partial charge in [0.1, 0.15) is 11.9 Å². The number of hydrogen-bond donors (Lipinski definition) is 1. The van der Waals surface area contributed by atoms with Crippen LogP contribution in [-0.4, -0.2) is 25.2 Å². The Hall–Kier alpha value is -1.85. The molecule has 0 saturated carbocycles. The number of thiophene rings is 1. The van der Waals surface area contributed by atoms with E-state index in [-0.39, 0.29) is 5.91 Å². The van der Waals surface area contributed by atoms with E-state index in [4.69, 9.17) is 4.74 Å². The quantitative estimate of drug-likeness (QED) is 0.943. The highest BCUT2D eigenvalue weighted by Gasteiger charge is 2.25. The summed E-state index contributed by atoms with van der Waals surface area (Å²) >= 11 is 1.46. The summed E-state index contributed by atoms with van der Waals surface area (Å²) in [5, 5.41) is 12.3. The lowest BCUT2D eigenvalue weighted by Crippen LogP contribution is -2.20. The number of ether oxygens (including phenoxy) is 1. The van der Waals surface area contributed by atoms with Crippen LogP contribution in [0.3, 0.4) is 0 Å². The molecule has 1 aliphatic heterocycles. The van der Waals surface area contributed by atoms with E-state index in [0.29, 0.717) is 6.42 Å². The van der Waals surface area contributed by atoms with Crippen molar-refractivity contribution in [1.82, 2.24) is 0 Å². The number of amides is 1. The predicted molar refractivity (Wildman–Crippen MR) is 78.5 cm³/mol. The van der Waals surface area contributed by atoms with Crippen molar-refractivity contribution in [3.8, 4) is 5.75 Å². The van der Waals surface area contributed by atoms with Gasteiger partial charge in [-0.3, -0.25) is 4.79 Å². The predicted octanol–water partition coefficient (Wildman–Crippen LogP) is 2.36. The number of likely N-dealkylation sites (N-methyl/N-ethyl adjacent to an activating group) is 1. The fraction of sp³-hybridized carbons (Fsp3) is 0.267. The Balaban J connectivity index is 1.92. The van der Waals surface area contributed by atoms with Crippen LogP contribution >= 0.6 is 11.3 Å². The average molecular weight is 289 g/mol. The minimum Gasteiger partial charge on any atom is -0.496 e. The molecule has 2 heterocycles. The first-order valence-electron chi connectivity index (χ1n) is 6.30. The molecule has 0 aliphatic carbocycles. The van der Waals surface area contributed by atoms with Gasteiger partial charge < -0.3 is 14.7 Å². The molecule has 3 rings (SSSR count). The number of benzene rings is 1. The van der Waals surface area contributed by atoms with Gasteiger partial charge in [-0.15, -0.1) is 11.3 Å². The summed E-state index contributed by atoms with van der Waals surface area (Å²) in [4.78, 5) is 14.2. The Morgan fingerprint density at radius 1 is 1.40 bits per heavy atom. The number of anilines is 1. The number of carbonyl (C=O) groups is 1. The molecule has 20 heavy (non-hydrogen) atoms. The van der Waals surface area contributed by atoms with Crippen molar-refractivity contribution in [3.05, 3.63) is 45.6 Å². The molecule has 1 atom stereocenters. The van der Waals surface area contributed by atoms with Crippen LogP contribution in [0.2, 0.25) is 0 Å². The van der Waals surface area contributed by atoms with Crippen molar-refractivity contribution in [3.63, 3.8) is 0 Å². The Kier molecular flexibility index (Phi) is 3.23. The highest BCUT2D eigenvalue weighted by Crippen LogP contribution is 2.34. The zero-order valence-electron chi connectivity index (χ0n) is 11.3.